The van der Waals surface area contributed by atoms with Crippen molar-refractivity contribution in [1.29, 1.82) is 0 Å². The van der Waals surface area contributed by atoms with Crippen LogP contribution < -0.4 is 0 Å². The van der Waals surface area contributed by atoms with Crippen molar-refractivity contribution in [3.63, 3.8) is 0 Å². The molecule has 1 heterocycles. The number of hydrogen-bond acceptors (Lipinski definition) is 2. The van der Waals surface area contributed by atoms with Gasteiger partial charge in [0.15, 0.2) is 0 Å². The van der Waals surface area contributed by atoms with E-state index >= 15 is 0 Å². The first-order chi connectivity index (χ1) is 4.77. The van der Waals surface area contributed by atoms with E-state index in [1.54, 1.807) is 0 Å². The Hall–Kier alpha value is -0.790. The van der Waals surface area contributed by atoms with Gasteiger partial charge in [-0.3, -0.25) is 5.01 Å². The molecule has 2 aliphatic rings. The van der Waals surface area contributed by atoms with Crippen molar-refractivity contribution >= 4 is 5.71 Å². The van der Waals surface area contributed by atoms with Crippen LogP contribution in [0.15, 0.2) is 17.4 Å². The van der Waals surface area contributed by atoms with Gasteiger partial charge >= 0.3 is 0 Å². The van der Waals surface area contributed by atoms with Crippen LogP contribution in [0.4, 0.5) is 0 Å². The Bertz CT molecular complexity index is 201. The summed E-state index contributed by atoms with van der Waals surface area (Å²) in [5.41, 5.74) is 2.49. The van der Waals surface area contributed by atoms with Gasteiger partial charge in [0.05, 0.1) is 0 Å². The molecular weight excluding hydrogens is 124 g/mol. The van der Waals surface area contributed by atoms with Gasteiger partial charge in [0.1, 0.15) is 0 Å². The minimum Gasteiger partial charge on any atom is -0.273 e. The van der Waals surface area contributed by atoms with E-state index in [-0.39, 0.29) is 0 Å². The fourth-order valence-electron chi connectivity index (χ4n) is 1.26. The largest absolute Gasteiger partial charge is 0.273 e. The minimum absolute atomic E-state index is 0.807. The maximum absolute atomic E-state index is 4.38. The van der Waals surface area contributed by atoms with Gasteiger partial charge < -0.3 is 0 Å². The highest BCUT2D eigenvalue weighted by Gasteiger charge is 2.31. The number of hydrazone groups is 1. The third-order valence-corrected chi connectivity index (χ3v) is 2.17. The lowest BCUT2D eigenvalue weighted by Crippen LogP contribution is -2.01. The van der Waals surface area contributed by atoms with Gasteiger partial charge in [-0.05, 0) is 18.8 Å². The Morgan fingerprint density at radius 2 is 2.30 bits per heavy atom. The van der Waals surface area contributed by atoms with Crippen LogP contribution in [0.2, 0.25) is 0 Å². The summed E-state index contributed by atoms with van der Waals surface area (Å²) < 4.78 is 0. The van der Waals surface area contributed by atoms with Crippen LogP contribution in [0.3, 0.4) is 0 Å². The summed E-state index contributed by atoms with van der Waals surface area (Å²) in [4.78, 5) is 0. The first-order valence-corrected chi connectivity index (χ1v) is 3.76. The van der Waals surface area contributed by atoms with Crippen molar-refractivity contribution in [2.45, 2.75) is 19.3 Å². The number of hydrogen-bond donors (Lipinski definition) is 0. The second-order valence-corrected chi connectivity index (χ2v) is 3.13. The van der Waals surface area contributed by atoms with Gasteiger partial charge in [0.25, 0.3) is 0 Å². The zero-order valence-electron chi connectivity index (χ0n) is 6.30. The van der Waals surface area contributed by atoms with E-state index in [9.17, 15) is 0 Å². The van der Waals surface area contributed by atoms with Gasteiger partial charge in [-0.1, -0.05) is 6.58 Å². The van der Waals surface area contributed by atoms with E-state index in [2.05, 4.69) is 11.7 Å². The standard InChI is InChI=1S/C8H12N2/c1-6-5-8(7-3-4-7)9-10(6)2/h7H,1,3-5H2,2H3. The Kier molecular flexibility index (Phi) is 1.10. The van der Waals surface area contributed by atoms with Crippen molar-refractivity contribution in [3.05, 3.63) is 12.3 Å². The third-order valence-electron chi connectivity index (χ3n) is 2.17. The highest BCUT2D eigenvalue weighted by molar-refractivity contribution is 5.91. The molecule has 1 aliphatic carbocycles. The van der Waals surface area contributed by atoms with E-state index in [1.165, 1.54) is 18.6 Å². The van der Waals surface area contributed by atoms with Crippen molar-refractivity contribution in [2.24, 2.45) is 11.0 Å². The summed E-state index contributed by atoms with van der Waals surface area (Å²) >= 11 is 0. The first kappa shape index (κ1) is 5.96. The zero-order chi connectivity index (χ0) is 7.14. The third kappa shape index (κ3) is 0.838. The lowest BCUT2D eigenvalue weighted by atomic mass is 10.2. The van der Waals surface area contributed by atoms with Crippen molar-refractivity contribution < 1.29 is 0 Å². The quantitative estimate of drug-likeness (QED) is 0.534. The number of allylic oxidation sites excluding steroid dienone is 1. The van der Waals surface area contributed by atoms with Crippen LogP contribution in [0.1, 0.15) is 19.3 Å². The van der Waals surface area contributed by atoms with E-state index in [0.29, 0.717) is 0 Å². The second kappa shape index (κ2) is 1.84. The van der Waals surface area contributed by atoms with E-state index < -0.39 is 0 Å². The molecule has 0 spiro atoms. The zero-order valence-corrected chi connectivity index (χ0v) is 6.30. The molecule has 0 radical (unpaired) electrons. The average Bonchev–Trinajstić information content (AvgIpc) is 2.64. The average molecular weight is 136 g/mol. The fourth-order valence-corrected chi connectivity index (χ4v) is 1.26. The van der Waals surface area contributed by atoms with E-state index in [0.717, 1.165) is 18.0 Å². The second-order valence-electron chi connectivity index (χ2n) is 3.13. The lowest BCUT2D eigenvalue weighted by Gasteiger charge is -2.04. The summed E-state index contributed by atoms with van der Waals surface area (Å²) in [5, 5.41) is 6.28. The number of nitrogens with zero attached hydrogens (tertiary/aromatic N) is 2. The molecule has 1 fully saturated rings. The van der Waals surface area contributed by atoms with Crippen LogP contribution >= 0.6 is 0 Å². The Balaban J connectivity index is 2.11. The molecule has 0 unspecified atom stereocenters. The molecule has 2 heteroatoms. The van der Waals surface area contributed by atoms with Gasteiger partial charge in [-0.25, -0.2) is 0 Å². The molecule has 2 nitrogen and oxygen atoms in total. The molecular formula is C8H12N2. The SMILES string of the molecule is C=C1CC(C2CC2)=NN1C. The molecule has 10 heavy (non-hydrogen) atoms. The highest BCUT2D eigenvalue weighted by Crippen LogP contribution is 2.35. The topological polar surface area (TPSA) is 15.6 Å². The molecule has 0 aromatic rings. The normalized spacial score (nSPS) is 25.5. The van der Waals surface area contributed by atoms with Crippen molar-refractivity contribution in [2.75, 3.05) is 7.05 Å². The Labute approximate surface area is 61.2 Å². The summed E-state index contributed by atoms with van der Waals surface area (Å²) in [6.07, 6.45) is 3.71. The molecule has 0 aromatic carbocycles. The molecule has 1 saturated carbocycles. The maximum Gasteiger partial charge on any atom is 0.0474 e. The fraction of sp³-hybridized carbons (Fsp3) is 0.625. The predicted octanol–water partition coefficient (Wildman–Crippen LogP) is 1.60. The highest BCUT2D eigenvalue weighted by atomic mass is 15.5. The molecule has 2 rings (SSSR count). The molecule has 0 N–H and O–H groups in total. The molecule has 1 aliphatic heterocycles. The first-order valence-electron chi connectivity index (χ1n) is 3.76. The maximum atomic E-state index is 4.38. The smallest absolute Gasteiger partial charge is 0.0474 e. The molecule has 0 aromatic heterocycles. The Morgan fingerprint density at radius 3 is 2.70 bits per heavy atom. The summed E-state index contributed by atoms with van der Waals surface area (Å²) in [7, 11) is 1.97. The van der Waals surface area contributed by atoms with Crippen LogP contribution in [0.25, 0.3) is 0 Å². The van der Waals surface area contributed by atoms with Crippen LogP contribution in [-0.2, 0) is 0 Å². The summed E-state index contributed by atoms with van der Waals surface area (Å²) in [5.74, 6) is 0.807. The van der Waals surface area contributed by atoms with E-state index in [1.807, 2.05) is 12.1 Å². The van der Waals surface area contributed by atoms with Gasteiger partial charge in [-0.2, -0.15) is 5.10 Å². The van der Waals surface area contributed by atoms with Crippen molar-refractivity contribution in [1.82, 2.24) is 5.01 Å². The summed E-state index contributed by atoms with van der Waals surface area (Å²) in [6.45, 7) is 3.91. The predicted molar refractivity (Wildman–Crippen MR) is 41.7 cm³/mol. The van der Waals surface area contributed by atoms with E-state index in [4.69, 9.17) is 0 Å². The van der Waals surface area contributed by atoms with Crippen LogP contribution in [0, 0.1) is 5.92 Å². The lowest BCUT2D eigenvalue weighted by molar-refractivity contribution is 0.467. The Morgan fingerprint density at radius 1 is 1.60 bits per heavy atom. The molecule has 0 saturated heterocycles. The molecule has 0 atom stereocenters. The van der Waals surface area contributed by atoms with Gasteiger partial charge in [-0.15, -0.1) is 0 Å². The van der Waals surface area contributed by atoms with Gasteiger partial charge in [0.2, 0.25) is 0 Å². The van der Waals surface area contributed by atoms with Crippen LogP contribution in [0.5, 0.6) is 0 Å². The molecule has 0 bridgehead atoms. The van der Waals surface area contributed by atoms with Crippen LogP contribution in [-0.4, -0.2) is 17.8 Å². The molecule has 0 amide bonds. The van der Waals surface area contributed by atoms with Gasteiger partial charge in [0, 0.05) is 24.9 Å². The van der Waals surface area contributed by atoms with Crippen molar-refractivity contribution in [3.8, 4) is 0 Å². The molecule has 54 valence electrons. The number of rotatable bonds is 1. The minimum atomic E-state index is 0.807. The monoisotopic (exact) mass is 136 g/mol. The summed E-state index contributed by atoms with van der Waals surface area (Å²) in [6, 6.07) is 0.